The Morgan fingerprint density at radius 1 is 0.774 bits per heavy atom. The van der Waals surface area contributed by atoms with Crippen LogP contribution in [0.2, 0.25) is 0 Å². The molecule has 0 bridgehead atoms. The SMILES string of the molecule is CC1(C)C2=CC(N(C3=CC=CC(c4cccnc4)C3)C3C=CC(c4ccc5c(c4)c4ccccc4n5-c4ccccc4)=CC3)=CCC2c2ccccc21. The Morgan fingerprint density at radius 3 is 2.45 bits per heavy atom. The number of pyridine rings is 1. The Kier molecular flexibility index (Phi) is 7.57. The maximum absolute atomic E-state index is 4.46. The highest BCUT2D eigenvalue weighted by Crippen LogP contribution is 2.54. The van der Waals surface area contributed by atoms with Gasteiger partial charge in [0.05, 0.1) is 17.1 Å². The molecule has 2 heterocycles. The summed E-state index contributed by atoms with van der Waals surface area (Å²) < 4.78 is 2.39. The van der Waals surface area contributed by atoms with Gasteiger partial charge in [0.2, 0.25) is 0 Å². The van der Waals surface area contributed by atoms with Crippen molar-refractivity contribution in [1.82, 2.24) is 14.5 Å². The third-order valence-electron chi connectivity index (χ3n) is 12.2. The maximum atomic E-state index is 4.46. The van der Waals surface area contributed by atoms with E-state index >= 15 is 0 Å². The number of benzene rings is 4. The first-order valence-corrected chi connectivity index (χ1v) is 19.1. The third kappa shape index (κ3) is 5.29. The van der Waals surface area contributed by atoms with Crippen LogP contribution in [0.15, 0.2) is 187 Å². The van der Waals surface area contributed by atoms with Crippen molar-refractivity contribution in [3.63, 3.8) is 0 Å². The molecule has 4 aliphatic rings. The molecule has 3 nitrogen and oxygen atoms in total. The number of rotatable bonds is 6. The van der Waals surface area contributed by atoms with Crippen LogP contribution in [0.4, 0.5) is 0 Å². The zero-order valence-electron chi connectivity index (χ0n) is 30.4. The van der Waals surface area contributed by atoms with Gasteiger partial charge in [0, 0.05) is 57.5 Å². The zero-order valence-corrected chi connectivity index (χ0v) is 30.4. The molecule has 0 saturated carbocycles. The van der Waals surface area contributed by atoms with Crippen LogP contribution in [-0.4, -0.2) is 20.5 Å². The Balaban J connectivity index is 1.00. The van der Waals surface area contributed by atoms with Gasteiger partial charge in [0.15, 0.2) is 0 Å². The number of fused-ring (bicyclic) bond motifs is 6. The average Bonchev–Trinajstić information content (AvgIpc) is 3.67. The Morgan fingerprint density at radius 2 is 1.60 bits per heavy atom. The van der Waals surface area contributed by atoms with Crippen LogP contribution in [0.25, 0.3) is 33.1 Å². The predicted molar refractivity (Wildman–Crippen MR) is 220 cm³/mol. The molecular weight excluding hydrogens is 643 g/mol. The fourth-order valence-electron chi connectivity index (χ4n) is 9.55. The summed E-state index contributed by atoms with van der Waals surface area (Å²) in [5.74, 6) is 0.748. The number of para-hydroxylation sites is 2. The number of aromatic nitrogens is 2. The van der Waals surface area contributed by atoms with Crippen LogP contribution < -0.4 is 0 Å². The van der Waals surface area contributed by atoms with Crippen LogP contribution in [0.3, 0.4) is 0 Å². The first kappa shape index (κ1) is 31.8. The van der Waals surface area contributed by atoms with Crippen molar-refractivity contribution >= 4 is 27.4 Å². The second-order valence-corrected chi connectivity index (χ2v) is 15.5. The summed E-state index contributed by atoms with van der Waals surface area (Å²) in [6.45, 7) is 4.82. The molecule has 0 radical (unpaired) electrons. The van der Waals surface area contributed by atoms with Gasteiger partial charge < -0.3 is 9.47 Å². The van der Waals surface area contributed by atoms with E-state index in [0.29, 0.717) is 11.8 Å². The van der Waals surface area contributed by atoms with E-state index in [9.17, 15) is 0 Å². The Labute approximate surface area is 312 Å². The molecule has 3 atom stereocenters. The van der Waals surface area contributed by atoms with Crippen LogP contribution in [0.5, 0.6) is 0 Å². The molecule has 53 heavy (non-hydrogen) atoms. The van der Waals surface area contributed by atoms with Gasteiger partial charge in [0.25, 0.3) is 0 Å². The van der Waals surface area contributed by atoms with Gasteiger partial charge in [-0.15, -0.1) is 0 Å². The van der Waals surface area contributed by atoms with Crippen molar-refractivity contribution in [1.29, 1.82) is 0 Å². The molecule has 6 aromatic rings. The van der Waals surface area contributed by atoms with Crippen molar-refractivity contribution in [3.8, 4) is 5.69 Å². The number of allylic oxidation sites excluding steroid dienone is 9. The monoisotopic (exact) mass is 685 g/mol. The summed E-state index contributed by atoms with van der Waals surface area (Å²) >= 11 is 0. The number of hydrogen-bond acceptors (Lipinski definition) is 2. The number of nitrogens with zero attached hydrogens (tertiary/aromatic N) is 3. The summed E-state index contributed by atoms with van der Waals surface area (Å²) in [6.07, 6.45) is 26.1. The number of hydrogen-bond donors (Lipinski definition) is 0. The zero-order chi connectivity index (χ0) is 35.5. The average molecular weight is 686 g/mol. The molecule has 0 fully saturated rings. The van der Waals surface area contributed by atoms with E-state index in [1.165, 1.54) is 72.3 Å². The topological polar surface area (TPSA) is 21.1 Å². The van der Waals surface area contributed by atoms with Crippen LogP contribution in [-0.2, 0) is 5.41 Å². The minimum absolute atomic E-state index is 0.00326. The van der Waals surface area contributed by atoms with E-state index in [4.69, 9.17) is 0 Å². The summed E-state index contributed by atoms with van der Waals surface area (Å²) in [5, 5.41) is 2.57. The second kappa shape index (κ2) is 12.6. The first-order valence-electron chi connectivity index (χ1n) is 19.1. The predicted octanol–water partition coefficient (Wildman–Crippen LogP) is 12.1. The molecule has 0 N–H and O–H groups in total. The summed E-state index contributed by atoms with van der Waals surface area (Å²) in [6, 6.07) is 40.1. The summed E-state index contributed by atoms with van der Waals surface area (Å²) in [4.78, 5) is 7.11. The van der Waals surface area contributed by atoms with Crippen molar-refractivity contribution in [2.75, 3.05) is 0 Å². The second-order valence-electron chi connectivity index (χ2n) is 15.5. The van der Waals surface area contributed by atoms with E-state index in [1.54, 1.807) is 0 Å². The van der Waals surface area contributed by atoms with Crippen molar-refractivity contribution in [2.24, 2.45) is 0 Å². The lowest BCUT2D eigenvalue weighted by Gasteiger charge is -2.40. The van der Waals surface area contributed by atoms with Gasteiger partial charge >= 0.3 is 0 Å². The van der Waals surface area contributed by atoms with E-state index in [0.717, 1.165) is 19.3 Å². The van der Waals surface area contributed by atoms with Crippen molar-refractivity contribution in [2.45, 2.75) is 56.4 Å². The quantitative estimate of drug-likeness (QED) is 0.174. The Bertz CT molecular complexity index is 2570. The minimum Gasteiger partial charge on any atom is -0.338 e. The molecule has 2 aromatic heterocycles. The van der Waals surface area contributed by atoms with Crippen LogP contribution in [0.1, 0.15) is 67.2 Å². The van der Waals surface area contributed by atoms with E-state index in [2.05, 4.69) is 186 Å². The van der Waals surface area contributed by atoms with E-state index < -0.39 is 0 Å². The molecule has 10 rings (SSSR count). The normalized spacial score (nSPS) is 21.4. The summed E-state index contributed by atoms with van der Waals surface area (Å²) in [5.41, 5.74) is 14.7. The maximum Gasteiger partial charge on any atom is 0.0557 e. The van der Waals surface area contributed by atoms with Gasteiger partial charge in [-0.05, 0) is 95.6 Å². The van der Waals surface area contributed by atoms with Gasteiger partial charge in [-0.1, -0.05) is 129 Å². The molecule has 3 heteroatoms. The first-order chi connectivity index (χ1) is 26.0. The minimum atomic E-state index is 0.00326. The highest BCUT2D eigenvalue weighted by Gasteiger charge is 2.43. The fraction of sp³-hybridized carbons (Fsp3) is 0.180. The lowest BCUT2D eigenvalue weighted by atomic mass is 9.78. The van der Waals surface area contributed by atoms with Gasteiger partial charge in [-0.2, -0.15) is 0 Å². The van der Waals surface area contributed by atoms with E-state index in [1.807, 2.05) is 12.4 Å². The van der Waals surface area contributed by atoms with Crippen LogP contribution in [0, 0.1) is 0 Å². The van der Waals surface area contributed by atoms with E-state index in [-0.39, 0.29) is 11.5 Å². The highest BCUT2D eigenvalue weighted by molar-refractivity contribution is 6.10. The molecule has 0 amide bonds. The van der Waals surface area contributed by atoms with Crippen LogP contribution >= 0.6 is 0 Å². The van der Waals surface area contributed by atoms with Crippen molar-refractivity contribution < 1.29 is 0 Å². The molecule has 4 aromatic carbocycles. The van der Waals surface area contributed by atoms with Gasteiger partial charge in [-0.25, -0.2) is 0 Å². The molecule has 3 unspecified atom stereocenters. The molecule has 4 aliphatic carbocycles. The third-order valence-corrected chi connectivity index (χ3v) is 12.2. The van der Waals surface area contributed by atoms with Crippen molar-refractivity contribution in [3.05, 3.63) is 209 Å². The molecule has 0 aliphatic heterocycles. The molecule has 258 valence electrons. The molecule has 0 saturated heterocycles. The van der Waals surface area contributed by atoms with Gasteiger partial charge in [-0.3, -0.25) is 4.98 Å². The summed E-state index contributed by atoms with van der Waals surface area (Å²) in [7, 11) is 0. The fourth-order valence-corrected chi connectivity index (χ4v) is 9.55. The highest BCUT2D eigenvalue weighted by atomic mass is 15.2. The largest absolute Gasteiger partial charge is 0.338 e. The molecule has 0 spiro atoms. The lowest BCUT2D eigenvalue weighted by molar-refractivity contribution is 0.349. The lowest BCUT2D eigenvalue weighted by Crippen LogP contribution is -2.35. The Hall–Kier alpha value is -5.93. The smallest absolute Gasteiger partial charge is 0.0557 e. The van der Waals surface area contributed by atoms with Gasteiger partial charge in [0.1, 0.15) is 0 Å². The molecular formula is C50H43N3. The standard InChI is InChI=1S/C50H43N3/c1-50(2)46-19-8-6-17-42(46)43-27-26-41(32-47(43)50)52(40-16-10-12-35(30-40)37-13-11-29-51-33-37)39-24-21-34(22-25-39)36-23-28-49-45(31-36)44-18-7-9-20-48(44)53(49)38-14-4-3-5-15-38/h3-24,26,28-29,31-33,35,39,43H,25,27,30H2,1-2H3.